The number of carbonyl (C=O) groups is 2. The van der Waals surface area contributed by atoms with E-state index in [2.05, 4.69) is 26.1 Å². The SMILES string of the molecule is CC(C)NC(=O)C(C)N(Cc1cccc(Cl)c1)C(=O)COc1ccc(C(C)(C)C)cc1. The fraction of sp³-hybridized carbons (Fsp3) is 0.440. The molecule has 2 aromatic rings. The van der Waals surface area contributed by atoms with Gasteiger partial charge in [0.2, 0.25) is 5.91 Å². The highest BCUT2D eigenvalue weighted by Crippen LogP contribution is 2.24. The third-order valence-electron chi connectivity index (χ3n) is 4.92. The fourth-order valence-corrected chi connectivity index (χ4v) is 3.31. The van der Waals surface area contributed by atoms with Crippen LogP contribution in [0.15, 0.2) is 48.5 Å². The third-order valence-corrected chi connectivity index (χ3v) is 5.16. The van der Waals surface area contributed by atoms with Crippen LogP contribution in [-0.2, 0) is 21.5 Å². The van der Waals surface area contributed by atoms with Gasteiger partial charge in [-0.15, -0.1) is 0 Å². The lowest BCUT2D eigenvalue weighted by Crippen LogP contribution is -2.50. The summed E-state index contributed by atoms with van der Waals surface area (Å²) in [6, 6.07) is 14.3. The summed E-state index contributed by atoms with van der Waals surface area (Å²) < 4.78 is 5.74. The minimum absolute atomic E-state index is 0.0179. The van der Waals surface area contributed by atoms with Crippen molar-refractivity contribution >= 4 is 23.4 Å². The van der Waals surface area contributed by atoms with E-state index in [9.17, 15) is 9.59 Å². The minimum atomic E-state index is -0.652. The van der Waals surface area contributed by atoms with Crippen molar-refractivity contribution in [3.8, 4) is 5.75 Å². The highest BCUT2D eigenvalue weighted by Gasteiger charge is 2.27. The second kappa shape index (κ2) is 10.7. The van der Waals surface area contributed by atoms with Gasteiger partial charge in [0.1, 0.15) is 11.8 Å². The van der Waals surface area contributed by atoms with E-state index in [1.807, 2.05) is 50.2 Å². The van der Waals surface area contributed by atoms with E-state index in [0.29, 0.717) is 10.8 Å². The van der Waals surface area contributed by atoms with E-state index in [1.54, 1.807) is 19.1 Å². The molecule has 0 saturated carbocycles. The predicted octanol–water partition coefficient (Wildman–Crippen LogP) is 4.96. The van der Waals surface area contributed by atoms with Gasteiger partial charge in [-0.25, -0.2) is 0 Å². The van der Waals surface area contributed by atoms with Crippen molar-refractivity contribution in [2.75, 3.05) is 6.61 Å². The third kappa shape index (κ3) is 7.59. The van der Waals surface area contributed by atoms with Crippen LogP contribution in [0, 0.1) is 0 Å². The van der Waals surface area contributed by atoms with Gasteiger partial charge in [0.05, 0.1) is 0 Å². The monoisotopic (exact) mass is 444 g/mol. The van der Waals surface area contributed by atoms with Gasteiger partial charge >= 0.3 is 0 Å². The van der Waals surface area contributed by atoms with Crippen LogP contribution in [0.1, 0.15) is 52.7 Å². The number of amides is 2. The van der Waals surface area contributed by atoms with Crippen LogP contribution in [0.5, 0.6) is 5.75 Å². The Morgan fingerprint density at radius 2 is 1.71 bits per heavy atom. The average Bonchev–Trinajstić information content (AvgIpc) is 2.69. The smallest absolute Gasteiger partial charge is 0.261 e. The Labute approximate surface area is 190 Å². The van der Waals surface area contributed by atoms with Crippen molar-refractivity contribution in [2.45, 2.75) is 65.6 Å². The van der Waals surface area contributed by atoms with E-state index in [4.69, 9.17) is 16.3 Å². The Balaban J connectivity index is 2.14. The van der Waals surface area contributed by atoms with Crippen molar-refractivity contribution in [1.29, 1.82) is 0 Å². The molecule has 2 aromatic carbocycles. The number of rotatable bonds is 8. The maximum absolute atomic E-state index is 13.1. The molecule has 0 aliphatic rings. The van der Waals surface area contributed by atoms with Crippen molar-refractivity contribution in [3.63, 3.8) is 0 Å². The highest BCUT2D eigenvalue weighted by molar-refractivity contribution is 6.30. The van der Waals surface area contributed by atoms with Crippen LogP contribution in [0.2, 0.25) is 5.02 Å². The normalized spacial score (nSPS) is 12.4. The molecule has 0 spiro atoms. The van der Waals surface area contributed by atoms with Crippen LogP contribution in [-0.4, -0.2) is 35.4 Å². The van der Waals surface area contributed by atoms with E-state index < -0.39 is 6.04 Å². The van der Waals surface area contributed by atoms with Crippen LogP contribution in [0.25, 0.3) is 0 Å². The summed E-state index contributed by atoms with van der Waals surface area (Å²) in [5, 5.41) is 3.45. The molecule has 2 rings (SSSR count). The van der Waals surface area contributed by atoms with Gasteiger partial charge in [0, 0.05) is 17.6 Å². The fourth-order valence-electron chi connectivity index (χ4n) is 3.10. The van der Waals surface area contributed by atoms with Gasteiger partial charge in [-0.2, -0.15) is 0 Å². The first-order valence-electron chi connectivity index (χ1n) is 10.5. The topological polar surface area (TPSA) is 58.6 Å². The minimum Gasteiger partial charge on any atom is -0.484 e. The molecule has 0 bridgehead atoms. The molecule has 0 aliphatic carbocycles. The Morgan fingerprint density at radius 1 is 1.06 bits per heavy atom. The summed E-state index contributed by atoms with van der Waals surface area (Å²) in [5.74, 6) is 0.134. The quantitative estimate of drug-likeness (QED) is 0.626. The van der Waals surface area contributed by atoms with Gasteiger partial charge in [-0.05, 0) is 61.6 Å². The Morgan fingerprint density at radius 3 is 2.26 bits per heavy atom. The zero-order valence-corrected chi connectivity index (χ0v) is 20.0. The maximum Gasteiger partial charge on any atom is 0.261 e. The standard InChI is InChI=1S/C25H33ClN2O3/c1-17(2)27-24(30)18(3)28(15-19-8-7-9-21(26)14-19)23(29)16-31-22-12-10-20(11-13-22)25(4,5)6/h7-14,17-18H,15-16H2,1-6H3,(H,27,30). The lowest BCUT2D eigenvalue weighted by atomic mass is 9.87. The van der Waals surface area contributed by atoms with Crippen LogP contribution in [0.4, 0.5) is 0 Å². The zero-order valence-electron chi connectivity index (χ0n) is 19.2. The maximum atomic E-state index is 13.1. The first kappa shape index (κ1) is 24.7. The first-order valence-corrected chi connectivity index (χ1v) is 10.9. The van der Waals surface area contributed by atoms with Crippen molar-refractivity contribution < 1.29 is 14.3 Å². The summed E-state index contributed by atoms with van der Waals surface area (Å²) in [5.41, 5.74) is 2.08. The molecule has 1 atom stereocenters. The summed E-state index contributed by atoms with van der Waals surface area (Å²) in [6.07, 6.45) is 0. The molecule has 5 nitrogen and oxygen atoms in total. The molecule has 0 radical (unpaired) electrons. The second-order valence-corrected chi connectivity index (χ2v) is 9.49. The van der Waals surface area contributed by atoms with E-state index in [-0.39, 0.29) is 36.4 Å². The first-order chi connectivity index (χ1) is 14.5. The molecule has 1 unspecified atom stereocenters. The van der Waals surface area contributed by atoms with E-state index in [0.717, 1.165) is 5.56 Å². The number of hydrogen-bond acceptors (Lipinski definition) is 3. The molecule has 0 saturated heterocycles. The van der Waals surface area contributed by atoms with Gasteiger partial charge in [0.15, 0.2) is 6.61 Å². The Bertz CT molecular complexity index is 888. The summed E-state index contributed by atoms with van der Waals surface area (Å²) in [4.78, 5) is 27.2. The lowest BCUT2D eigenvalue weighted by Gasteiger charge is -2.29. The average molecular weight is 445 g/mol. The summed E-state index contributed by atoms with van der Waals surface area (Å²) in [7, 11) is 0. The van der Waals surface area contributed by atoms with Gasteiger partial charge in [0.25, 0.3) is 5.91 Å². The molecule has 168 valence electrons. The van der Waals surface area contributed by atoms with Gasteiger partial charge < -0.3 is 15.0 Å². The van der Waals surface area contributed by atoms with Crippen molar-refractivity contribution in [2.24, 2.45) is 0 Å². The molecule has 0 aromatic heterocycles. The largest absolute Gasteiger partial charge is 0.484 e. The molecule has 31 heavy (non-hydrogen) atoms. The van der Waals surface area contributed by atoms with E-state index >= 15 is 0 Å². The Kier molecular flexibility index (Phi) is 8.52. The molecular weight excluding hydrogens is 412 g/mol. The number of hydrogen-bond donors (Lipinski definition) is 1. The van der Waals surface area contributed by atoms with Crippen LogP contribution >= 0.6 is 11.6 Å². The molecule has 6 heteroatoms. The zero-order chi connectivity index (χ0) is 23.2. The number of benzene rings is 2. The van der Waals surface area contributed by atoms with Crippen molar-refractivity contribution in [3.05, 3.63) is 64.7 Å². The number of nitrogens with zero attached hydrogens (tertiary/aromatic N) is 1. The molecule has 2 amide bonds. The molecular formula is C25H33ClN2O3. The van der Waals surface area contributed by atoms with E-state index in [1.165, 1.54) is 10.5 Å². The van der Waals surface area contributed by atoms with Gasteiger partial charge in [-0.1, -0.05) is 56.6 Å². The van der Waals surface area contributed by atoms with Crippen molar-refractivity contribution in [1.82, 2.24) is 10.2 Å². The molecule has 0 heterocycles. The summed E-state index contributed by atoms with van der Waals surface area (Å²) in [6.45, 7) is 12.0. The number of ether oxygens (including phenoxy) is 1. The molecule has 0 aliphatic heterocycles. The number of nitrogens with one attached hydrogen (secondary N) is 1. The van der Waals surface area contributed by atoms with Crippen LogP contribution < -0.4 is 10.1 Å². The second-order valence-electron chi connectivity index (χ2n) is 9.05. The molecule has 1 N–H and O–H groups in total. The summed E-state index contributed by atoms with van der Waals surface area (Å²) >= 11 is 6.10. The Hall–Kier alpha value is -2.53. The predicted molar refractivity (Wildman–Crippen MR) is 125 cm³/mol. The number of carbonyl (C=O) groups excluding carboxylic acids is 2. The lowest BCUT2D eigenvalue weighted by molar-refractivity contribution is -0.142. The van der Waals surface area contributed by atoms with Gasteiger partial charge in [-0.3, -0.25) is 9.59 Å². The molecule has 0 fully saturated rings. The highest BCUT2D eigenvalue weighted by atomic mass is 35.5. The number of halogens is 1. The van der Waals surface area contributed by atoms with Crippen LogP contribution in [0.3, 0.4) is 0 Å².